The first-order valence-electron chi connectivity index (χ1n) is 6.10. The molecule has 1 aliphatic rings. The lowest BCUT2D eigenvalue weighted by atomic mass is 9.86. The number of carboxylic acid groups (broad SMARTS) is 1. The van der Waals surface area contributed by atoms with Gasteiger partial charge in [0.05, 0.1) is 11.6 Å². The molecule has 94 valence electrons. The number of aliphatic carboxylic acids is 1. The normalized spacial score (nSPS) is 20.1. The van der Waals surface area contributed by atoms with Gasteiger partial charge in [0.2, 0.25) is 0 Å². The van der Waals surface area contributed by atoms with Gasteiger partial charge in [0.1, 0.15) is 5.82 Å². The monoisotopic (exact) mass is 236 g/mol. The van der Waals surface area contributed by atoms with Crippen molar-refractivity contribution in [1.82, 2.24) is 9.55 Å². The first kappa shape index (κ1) is 12.1. The molecule has 1 aromatic rings. The zero-order chi connectivity index (χ0) is 12.8. The third-order valence-electron chi connectivity index (χ3n) is 3.46. The molecule has 4 heteroatoms. The second-order valence-corrected chi connectivity index (χ2v) is 5.88. The molecule has 0 spiro atoms. The Morgan fingerprint density at radius 2 is 2.12 bits per heavy atom. The highest BCUT2D eigenvalue weighted by Gasteiger charge is 2.31. The molecule has 1 aromatic heterocycles. The minimum absolute atomic E-state index is 0.0221. The molecular weight excluding hydrogens is 216 g/mol. The molecular formula is C13H20N2O2. The third-order valence-corrected chi connectivity index (χ3v) is 3.46. The van der Waals surface area contributed by atoms with Crippen LogP contribution in [0.1, 0.15) is 44.4 Å². The van der Waals surface area contributed by atoms with Gasteiger partial charge in [-0.3, -0.25) is 4.79 Å². The summed E-state index contributed by atoms with van der Waals surface area (Å²) in [5.74, 6) is 0.0726. The van der Waals surface area contributed by atoms with E-state index in [9.17, 15) is 4.79 Å². The summed E-state index contributed by atoms with van der Waals surface area (Å²) >= 11 is 0. The molecule has 0 amide bonds. The van der Waals surface area contributed by atoms with Gasteiger partial charge >= 0.3 is 5.97 Å². The summed E-state index contributed by atoms with van der Waals surface area (Å²) in [6.07, 6.45) is 1.33. The number of hydrogen-bond acceptors (Lipinski definition) is 2. The van der Waals surface area contributed by atoms with Crippen molar-refractivity contribution in [3.8, 4) is 0 Å². The van der Waals surface area contributed by atoms with Crippen LogP contribution in [0.15, 0.2) is 0 Å². The maximum Gasteiger partial charge on any atom is 0.306 e. The number of carboxylic acids is 1. The summed E-state index contributed by atoms with van der Waals surface area (Å²) in [5, 5.41) is 9.13. The minimum atomic E-state index is -0.685. The summed E-state index contributed by atoms with van der Waals surface area (Å²) in [5.41, 5.74) is 2.15. The topological polar surface area (TPSA) is 55.1 Å². The number of aromatic nitrogens is 2. The van der Waals surface area contributed by atoms with E-state index in [2.05, 4.69) is 30.3 Å². The van der Waals surface area contributed by atoms with Crippen molar-refractivity contribution in [1.29, 1.82) is 0 Å². The van der Waals surface area contributed by atoms with E-state index >= 15 is 0 Å². The molecule has 0 saturated carbocycles. The first-order valence-corrected chi connectivity index (χ1v) is 6.10. The van der Waals surface area contributed by atoms with Crippen LogP contribution in [0.25, 0.3) is 0 Å². The van der Waals surface area contributed by atoms with Crippen LogP contribution in [0.2, 0.25) is 0 Å². The van der Waals surface area contributed by atoms with E-state index in [1.54, 1.807) is 0 Å². The highest BCUT2D eigenvalue weighted by molar-refractivity contribution is 5.70. The van der Waals surface area contributed by atoms with Gasteiger partial charge in [-0.15, -0.1) is 0 Å². The Kier molecular flexibility index (Phi) is 2.76. The van der Waals surface area contributed by atoms with Crippen molar-refractivity contribution in [2.24, 2.45) is 5.92 Å². The predicted molar refractivity (Wildman–Crippen MR) is 65.1 cm³/mol. The summed E-state index contributed by atoms with van der Waals surface area (Å²) in [6, 6.07) is 0. The van der Waals surface area contributed by atoms with Gasteiger partial charge in [-0.2, -0.15) is 0 Å². The van der Waals surface area contributed by atoms with Gasteiger partial charge in [0.25, 0.3) is 0 Å². The smallest absolute Gasteiger partial charge is 0.306 e. The van der Waals surface area contributed by atoms with E-state index < -0.39 is 5.97 Å². The molecule has 0 fully saturated rings. The van der Waals surface area contributed by atoms with Gasteiger partial charge in [-0.25, -0.2) is 4.98 Å². The van der Waals surface area contributed by atoms with E-state index in [1.807, 2.05) is 6.92 Å². The largest absolute Gasteiger partial charge is 0.481 e. The Hall–Kier alpha value is -1.32. The van der Waals surface area contributed by atoms with E-state index in [-0.39, 0.29) is 11.3 Å². The Balaban J connectivity index is 2.44. The lowest BCUT2D eigenvalue weighted by molar-refractivity contribution is -0.142. The summed E-state index contributed by atoms with van der Waals surface area (Å²) in [7, 11) is 0. The Morgan fingerprint density at radius 3 is 2.65 bits per heavy atom. The van der Waals surface area contributed by atoms with Gasteiger partial charge in [0.15, 0.2) is 0 Å². The van der Waals surface area contributed by atoms with Gasteiger partial charge in [-0.05, 0) is 13.3 Å². The number of aryl methyl sites for hydroxylation is 1. The van der Waals surface area contributed by atoms with E-state index in [0.717, 1.165) is 23.8 Å². The van der Waals surface area contributed by atoms with Gasteiger partial charge < -0.3 is 9.67 Å². The minimum Gasteiger partial charge on any atom is -0.481 e. The molecule has 17 heavy (non-hydrogen) atoms. The third kappa shape index (κ3) is 2.08. The standard InChI is InChI=1S/C13H20N2O2/c1-8-14-11(13(2,3)4)10-7-9(12(16)17)5-6-15(8)10/h9H,5-7H2,1-4H3,(H,16,17). The number of imidazole rings is 1. The second-order valence-electron chi connectivity index (χ2n) is 5.88. The maximum atomic E-state index is 11.1. The molecule has 0 aromatic carbocycles. The molecule has 1 unspecified atom stereocenters. The molecule has 0 bridgehead atoms. The predicted octanol–water partition coefficient (Wildman–Crippen LogP) is 2.14. The van der Waals surface area contributed by atoms with Crippen molar-refractivity contribution < 1.29 is 9.90 Å². The summed E-state index contributed by atoms with van der Waals surface area (Å²) in [4.78, 5) is 15.7. The zero-order valence-electron chi connectivity index (χ0n) is 10.9. The van der Waals surface area contributed by atoms with E-state index in [1.165, 1.54) is 0 Å². The molecule has 0 aliphatic carbocycles. The molecule has 1 N–H and O–H groups in total. The summed E-state index contributed by atoms with van der Waals surface area (Å²) < 4.78 is 2.18. The molecule has 0 radical (unpaired) electrons. The number of rotatable bonds is 1. The Bertz CT molecular complexity index is 455. The fourth-order valence-corrected chi connectivity index (χ4v) is 2.55. The average Bonchev–Trinajstić information content (AvgIpc) is 2.55. The number of carbonyl (C=O) groups is 1. The molecule has 1 aliphatic heterocycles. The highest BCUT2D eigenvalue weighted by Crippen LogP contribution is 2.31. The lowest BCUT2D eigenvalue weighted by Crippen LogP contribution is -2.27. The molecule has 0 saturated heterocycles. The number of hydrogen-bond donors (Lipinski definition) is 1. The zero-order valence-corrected chi connectivity index (χ0v) is 10.9. The van der Waals surface area contributed by atoms with Gasteiger partial charge in [0, 0.05) is 24.1 Å². The van der Waals surface area contributed by atoms with Crippen molar-refractivity contribution in [3.05, 3.63) is 17.2 Å². The van der Waals surface area contributed by atoms with Crippen LogP contribution in [-0.4, -0.2) is 20.6 Å². The Morgan fingerprint density at radius 1 is 1.47 bits per heavy atom. The van der Waals surface area contributed by atoms with Crippen LogP contribution in [-0.2, 0) is 23.2 Å². The highest BCUT2D eigenvalue weighted by atomic mass is 16.4. The Labute approximate surface area is 102 Å². The number of fused-ring (bicyclic) bond motifs is 1. The fourth-order valence-electron chi connectivity index (χ4n) is 2.55. The quantitative estimate of drug-likeness (QED) is 0.812. The van der Waals surface area contributed by atoms with Crippen molar-refractivity contribution >= 4 is 5.97 Å². The number of nitrogens with zero attached hydrogens (tertiary/aromatic N) is 2. The van der Waals surface area contributed by atoms with Gasteiger partial charge in [-0.1, -0.05) is 20.8 Å². The van der Waals surface area contributed by atoms with Crippen LogP contribution < -0.4 is 0 Å². The van der Waals surface area contributed by atoms with Crippen LogP contribution in [0.3, 0.4) is 0 Å². The van der Waals surface area contributed by atoms with Crippen LogP contribution in [0.4, 0.5) is 0 Å². The molecule has 2 rings (SSSR count). The van der Waals surface area contributed by atoms with E-state index in [4.69, 9.17) is 5.11 Å². The maximum absolute atomic E-state index is 11.1. The van der Waals surface area contributed by atoms with Crippen molar-refractivity contribution in [2.75, 3.05) is 0 Å². The van der Waals surface area contributed by atoms with Crippen molar-refractivity contribution in [2.45, 2.75) is 52.5 Å². The fraction of sp³-hybridized carbons (Fsp3) is 0.692. The van der Waals surface area contributed by atoms with Crippen molar-refractivity contribution in [3.63, 3.8) is 0 Å². The molecule has 1 atom stereocenters. The molecule has 4 nitrogen and oxygen atoms in total. The van der Waals surface area contributed by atoms with Crippen LogP contribution >= 0.6 is 0 Å². The second kappa shape index (κ2) is 3.86. The molecule has 2 heterocycles. The SMILES string of the molecule is Cc1nc(C(C)(C)C)c2n1CCC(C(=O)O)C2. The van der Waals surface area contributed by atoms with Crippen LogP contribution in [0.5, 0.6) is 0 Å². The average molecular weight is 236 g/mol. The van der Waals surface area contributed by atoms with Crippen LogP contribution in [0, 0.1) is 12.8 Å². The lowest BCUT2D eigenvalue weighted by Gasteiger charge is -2.25. The summed E-state index contributed by atoms with van der Waals surface area (Å²) in [6.45, 7) is 9.15. The first-order chi connectivity index (χ1) is 7.80. The van der Waals surface area contributed by atoms with E-state index in [0.29, 0.717) is 12.8 Å².